The highest BCUT2D eigenvalue weighted by Crippen LogP contribution is 2.35. The molecule has 0 aliphatic rings. The second-order valence-electron chi connectivity index (χ2n) is 5.90. The first-order valence-corrected chi connectivity index (χ1v) is 8.57. The number of aromatic nitrogens is 3. The summed E-state index contributed by atoms with van der Waals surface area (Å²) in [6.45, 7) is 2.04. The van der Waals surface area contributed by atoms with E-state index in [4.69, 9.17) is 17.0 Å². The van der Waals surface area contributed by atoms with Crippen LogP contribution >= 0.6 is 11.6 Å². The van der Waals surface area contributed by atoms with Crippen LogP contribution in [-0.2, 0) is 0 Å². The molecule has 1 aromatic carbocycles. The zero-order chi connectivity index (χ0) is 18.8. The minimum absolute atomic E-state index is 0.0753. The predicted molar refractivity (Wildman–Crippen MR) is 94.3 cm³/mol. The van der Waals surface area contributed by atoms with Gasteiger partial charge in [0.05, 0.1) is 22.5 Å². The summed E-state index contributed by atoms with van der Waals surface area (Å²) in [4.78, 5) is 8.09. The van der Waals surface area contributed by atoms with Crippen molar-refractivity contribution in [2.45, 2.75) is 32.6 Å². The Hall–Kier alpha value is -2.41. The topological polar surface area (TPSA) is 54.0 Å². The molecular weight excluding hydrogens is 365 g/mol. The molecule has 26 heavy (non-hydrogen) atoms. The van der Waals surface area contributed by atoms with Gasteiger partial charge in [0.1, 0.15) is 22.6 Å². The molecule has 0 spiro atoms. The van der Waals surface area contributed by atoms with Gasteiger partial charge in [-0.15, -0.1) is 0 Å². The highest BCUT2D eigenvalue weighted by molar-refractivity contribution is 6.33. The molecule has 0 amide bonds. The molecule has 0 radical (unpaired) electrons. The van der Waals surface area contributed by atoms with E-state index in [2.05, 4.69) is 9.97 Å². The SMILES string of the molecule is CCCCCC(=N)c1c(-c2c(F)cc(F)cc2F)c(Cl)nc2nccn12. The normalized spacial score (nSPS) is 11.3. The van der Waals surface area contributed by atoms with Gasteiger partial charge in [0.15, 0.2) is 0 Å². The summed E-state index contributed by atoms with van der Waals surface area (Å²) in [5.41, 5.74) is -0.217. The van der Waals surface area contributed by atoms with Crippen molar-refractivity contribution in [3.8, 4) is 11.1 Å². The van der Waals surface area contributed by atoms with E-state index in [1.54, 1.807) is 6.20 Å². The molecule has 4 nitrogen and oxygen atoms in total. The lowest BCUT2D eigenvalue weighted by Crippen LogP contribution is -2.12. The summed E-state index contributed by atoms with van der Waals surface area (Å²) in [5, 5.41) is 8.25. The Kier molecular flexibility index (Phi) is 5.27. The highest BCUT2D eigenvalue weighted by Gasteiger charge is 2.25. The lowest BCUT2D eigenvalue weighted by atomic mass is 9.98. The van der Waals surface area contributed by atoms with Crippen LogP contribution in [-0.4, -0.2) is 20.1 Å². The number of rotatable bonds is 6. The Bertz CT molecular complexity index is 961. The molecule has 0 unspecified atom stereocenters. The van der Waals surface area contributed by atoms with E-state index in [0.717, 1.165) is 19.3 Å². The highest BCUT2D eigenvalue weighted by atomic mass is 35.5. The second kappa shape index (κ2) is 7.45. The lowest BCUT2D eigenvalue weighted by molar-refractivity contribution is 0.548. The van der Waals surface area contributed by atoms with Gasteiger partial charge in [-0.05, 0) is 12.8 Å². The van der Waals surface area contributed by atoms with E-state index in [1.165, 1.54) is 10.6 Å². The molecule has 0 saturated carbocycles. The number of unbranched alkanes of at least 4 members (excludes halogenated alkanes) is 2. The molecule has 8 heteroatoms. The molecule has 3 rings (SSSR count). The maximum absolute atomic E-state index is 14.4. The van der Waals surface area contributed by atoms with Crippen LogP contribution in [0, 0.1) is 22.9 Å². The minimum Gasteiger partial charge on any atom is -0.303 e. The van der Waals surface area contributed by atoms with E-state index >= 15 is 0 Å². The first-order valence-electron chi connectivity index (χ1n) is 8.19. The zero-order valence-electron chi connectivity index (χ0n) is 14.0. The quantitative estimate of drug-likeness (QED) is 0.353. The molecule has 2 heterocycles. The van der Waals surface area contributed by atoms with Gasteiger partial charge in [-0.2, -0.15) is 4.98 Å². The minimum atomic E-state index is -1.10. The van der Waals surface area contributed by atoms with E-state index in [1.807, 2.05) is 6.92 Å². The van der Waals surface area contributed by atoms with Gasteiger partial charge in [-0.25, -0.2) is 18.2 Å². The van der Waals surface area contributed by atoms with Crippen LogP contribution in [0.4, 0.5) is 13.2 Å². The van der Waals surface area contributed by atoms with Gasteiger partial charge in [0.2, 0.25) is 5.78 Å². The number of hydrogen-bond acceptors (Lipinski definition) is 3. The zero-order valence-corrected chi connectivity index (χ0v) is 14.7. The smallest absolute Gasteiger partial charge is 0.235 e. The van der Waals surface area contributed by atoms with E-state index in [-0.39, 0.29) is 27.9 Å². The van der Waals surface area contributed by atoms with Crippen LogP contribution in [0.3, 0.4) is 0 Å². The number of hydrogen-bond donors (Lipinski definition) is 1. The summed E-state index contributed by atoms with van der Waals surface area (Å²) in [6, 6.07) is 1.16. The maximum atomic E-state index is 14.4. The average molecular weight is 381 g/mol. The van der Waals surface area contributed by atoms with Crippen molar-refractivity contribution in [3.63, 3.8) is 0 Å². The Morgan fingerprint density at radius 1 is 1.15 bits per heavy atom. The first-order chi connectivity index (χ1) is 12.4. The summed E-state index contributed by atoms with van der Waals surface area (Å²) in [5.74, 6) is -3.02. The van der Waals surface area contributed by atoms with Crippen LogP contribution in [0.15, 0.2) is 24.5 Å². The van der Waals surface area contributed by atoms with Gasteiger partial charge >= 0.3 is 0 Å². The van der Waals surface area contributed by atoms with Crippen LogP contribution in [0.25, 0.3) is 16.9 Å². The summed E-state index contributed by atoms with van der Waals surface area (Å²) in [6.07, 6.45) is 6.05. The number of nitrogens with one attached hydrogen (secondary N) is 1. The summed E-state index contributed by atoms with van der Waals surface area (Å²) in [7, 11) is 0. The van der Waals surface area contributed by atoms with E-state index in [9.17, 15) is 13.2 Å². The molecule has 0 fully saturated rings. The van der Waals surface area contributed by atoms with Crippen molar-refractivity contribution in [1.29, 1.82) is 5.41 Å². The van der Waals surface area contributed by atoms with Gasteiger partial charge in [0, 0.05) is 24.5 Å². The third-order valence-electron chi connectivity index (χ3n) is 4.08. The average Bonchev–Trinajstić information content (AvgIpc) is 3.02. The summed E-state index contributed by atoms with van der Waals surface area (Å²) >= 11 is 6.20. The lowest BCUT2D eigenvalue weighted by Gasteiger charge is -2.16. The number of fused-ring (bicyclic) bond motifs is 1. The van der Waals surface area contributed by atoms with E-state index in [0.29, 0.717) is 18.6 Å². The molecule has 0 aliphatic heterocycles. The molecule has 0 bridgehead atoms. The molecule has 3 aromatic rings. The van der Waals surface area contributed by atoms with Crippen LogP contribution in [0.1, 0.15) is 38.3 Å². The third kappa shape index (κ3) is 3.31. The Labute approximate surface area is 153 Å². The number of imidazole rings is 1. The molecule has 0 atom stereocenters. The standard InChI is InChI=1S/C18H16ClF3N4/c1-2-3-4-5-13(23)16-15(14-11(21)8-10(20)9-12(14)22)17(19)25-18-24-6-7-26(16)18/h6-9,23H,2-5H2,1H3. The molecule has 2 aromatic heterocycles. The molecule has 136 valence electrons. The van der Waals surface area contributed by atoms with E-state index < -0.39 is 23.0 Å². The fourth-order valence-electron chi connectivity index (χ4n) is 2.88. The van der Waals surface area contributed by atoms with Crippen LogP contribution in [0.2, 0.25) is 5.15 Å². The Morgan fingerprint density at radius 2 is 1.85 bits per heavy atom. The Balaban J connectivity index is 2.27. The van der Waals surface area contributed by atoms with Crippen molar-refractivity contribution in [1.82, 2.24) is 14.4 Å². The fourth-order valence-corrected chi connectivity index (χ4v) is 3.14. The number of halogens is 4. The number of nitrogens with zero attached hydrogens (tertiary/aromatic N) is 3. The maximum Gasteiger partial charge on any atom is 0.235 e. The largest absolute Gasteiger partial charge is 0.303 e. The van der Waals surface area contributed by atoms with Crippen molar-refractivity contribution in [3.05, 3.63) is 52.8 Å². The Morgan fingerprint density at radius 3 is 2.50 bits per heavy atom. The fraction of sp³-hybridized carbons (Fsp3) is 0.278. The van der Waals surface area contributed by atoms with Crippen LogP contribution in [0.5, 0.6) is 0 Å². The second-order valence-corrected chi connectivity index (χ2v) is 6.26. The van der Waals surface area contributed by atoms with Gasteiger partial charge < -0.3 is 5.41 Å². The number of benzene rings is 1. The molecule has 0 saturated heterocycles. The van der Waals surface area contributed by atoms with Crippen molar-refractivity contribution in [2.24, 2.45) is 0 Å². The van der Waals surface area contributed by atoms with Crippen molar-refractivity contribution in [2.75, 3.05) is 0 Å². The molecular formula is C18H16ClF3N4. The molecule has 1 N–H and O–H groups in total. The first kappa shape index (κ1) is 18.4. The van der Waals surface area contributed by atoms with Gasteiger partial charge in [-0.1, -0.05) is 31.4 Å². The van der Waals surface area contributed by atoms with Crippen LogP contribution < -0.4 is 0 Å². The molecule has 0 aliphatic carbocycles. The van der Waals surface area contributed by atoms with Crippen molar-refractivity contribution >= 4 is 23.1 Å². The summed E-state index contributed by atoms with van der Waals surface area (Å²) < 4.78 is 43.6. The van der Waals surface area contributed by atoms with Gasteiger partial charge in [-0.3, -0.25) is 4.40 Å². The predicted octanol–water partition coefficient (Wildman–Crippen LogP) is 5.42. The monoisotopic (exact) mass is 380 g/mol. The van der Waals surface area contributed by atoms with Crippen molar-refractivity contribution < 1.29 is 13.2 Å². The van der Waals surface area contributed by atoms with Gasteiger partial charge in [0.25, 0.3) is 0 Å². The third-order valence-corrected chi connectivity index (χ3v) is 4.35.